The van der Waals surface area contributed by atoms with Crippen LogP contribution in [-0.4, -0.2) is 55.6 Å². The summed E-state index contributed by atoms with van der Waals surface area (Å²) in [4.78, 5) is 27.9. The fourth-order valence-electron chi connectivity index (χ4n) is 3.98. The van der Waals surface area contributed by atoms with Crippen LogP contribution in [0.3, 0.4) is 0 Å². The van der Waals surface area contributed by atoms with Gasteiger partial charge in [-0.15, -0.1) is 0 Å². The number of benzene rings is 3. The molecule has 1 saturated heterocycles. The minimum absolute atomic E-state index is 0.0679. The van der Waals surface area contributed by atoms with E-state index >= 15 is 0 Å². The van der Waals surface area contributed by atoms with Gasteiger partial charge >= 0.3 is 0 Å². The van der Waals surface area contributed by atoms with Gasteiger partial charge in [-0.3, -0.25) is 9.59 Å². The van der Waals surface area contributed by atoms with Crippen molar-refractivity contribution in [1.82, 2.24) is 14.5 Å². The summed E-state index contributed by atoms with van der Waals surface area (Å²) in [6.07, 6.45) is 0. The van der Waals surface area contributed by atoms with Gasteiger partial charge in [0.1, 0.15) is 6.04 Å². The van der Waals surface area contributed by atoms with E-state index < -0.39 is 16.1 Å². The summed E-state index contributed by atoms with van der Waals surface area (Å²) in [5, 5.41) is 2.86. The molecule has 0 saturated carbocycles. The molecule has 176 valence electrons. The highest BCUT2D eigenvalue weighted by atomic mass is 32.2. The molecule has 1 heterocycles. The minimum atomic E-state index is -3.49. The van der Waals surface area contributed by atoms with Crippen LogP contribution in [0.15, 0.2) is 91.0 Å². The molecule has 1 aliphatic heterocycles. The van der Waals surface area contributed by atoms with Crippen LogP contribution in [0.1, 0.15) is 27.5 Å². The molecule has 0 radical (unpaired) electrons. The second kappa shape index (κ2) is 10.6. The number of rotatable bonds is 7. The molecule has 1 fully saturated rings. The van der Waals surface area contributed by atoms with Gasteiger partial charge < -0.3 is 10.2 Å². The van der Waals surface area contributed by atoms with Gasteiger partial charge in [0.15, 0.2) is 0 Å². The smallest absolute Gasteiger partial charge is 0.252 e. The second-order valence-corrected chi connectivity index (χ2v) is 10.1. The lowest BCUT2D eigenvalue weighted by atomic mass is 10.0. The first-order valence-corrected chi connectivity index (χ1v) is 12.8. The normalized spacial score (nSPS) is 15.5. The molecular formula is C26H27N3O4S. The molecule has 2 amide bonds. The van der Waals surface area contributed by atoms with Crippen LogP contribution < -0.4 is 5.32 Å². The molecule has 3 aromatic rings. The number of hydrogen-bond donors (Lipinski definition) is 1. The number of carbonyl (C=O) groups is 2. The van der Waals surface area contributed by atoms with Gasteiger partial charge in [0.25, 0.3) is 5.91 Å². The largest absolute Gasteiger partial charge is 0.338 e. The fraction of sp³-hybridized carbons (Fsp3) is 0.231. The van der Waals surface area contributed by atoms with Gasteiger partial charge in [0.05, 0.1) is 5.75 Å². The molecule has 34 heavy (non-hydrogen) atoms. The Balaban J connectivity index is 1.45. The van der Waals surface area contributed by atoms with E-state index in [9.17, 15) is 18.0 Å². The topological polar surface area (TPSA) is 86.8 Å². The maximum Gasteiger partial charge on any atom is 0.252 e. The Labute approximate surface area is 200 Å². The van der Waals surface area contributed by atoms with Crippen molar-refractivity contribution in [2.45, 2.75) is 11.8 Å². The molecule has 0 bridgehead atoms. The highest BCUT2D eigenvalue weighted by Gasteiger charge is 2.33. The average molecular weight is 478 g/mol. The first kappa shape index (κ1) is 23.7. The Morgan fingerprint density at radius 3 is 1.88 bits per heavy atom. The van der Waals surface area contributed by atoms with Crippen molar-refractivity contribution < 1.29 is 18.0 Å². The molecule has 0 spiro atoms. The lowest BCUT2D eigenvalue weighted by Crippen LogP contribution is -2.53. The third-order valence-electron chi connectivity index (χ3n) is 5.83. The first-order valence-electron chi connectivity index (χ1n) is 11.2. The molecule has 1 N–H and O–H groups in total. The molecule has 4 rings (SSSR count). The number of amides is 2. The maximum atomic E-state index is 13.5. The lowest BCUT2D eigenvalue weighted by Gasteiger charge is -2.36. The highest BCUT2D eigenvalue weighted by molar-refractivity contribution is 7.88. The van der Waals surface area contributed by atoms with Crippen molar-refractivity contribution in [3.05, 3.63) is 108 Å². The van der Waals surface area contributed by atoms with Gasteiger partial charge in [0, 0.05) is 31.7 Å². The maximum absolute atomic E-state index is 13.5. The highest BCUT2D eigenvalue weighted by Crippen LogP contribution is 2.20. The molecule has 1 atom stereocenters. The van der Waals surface area contributed by atoms with Crippen LogP contribution in [0.5, 0.6) is 0 Å². The number of sulfonamides is 1. The van der Waals surface area contributed by atoms with E-state index in [1.54, 1.807) is 53.4 Å². The van der Waals surface area contributed by atoms with Gasteiger partial charge in [-0.25, -0.2) is 8.42 Å². The van der Waals surface area contributed by atoms with Crippen molar-refractivity contribution in [2.75, 3.05) is 26.2 Å². The number of hydrogen-bond acceptors (Lipinski definition) is 4. The summed E-state index contributed by atoms with van der Waals surface area (Å²) in [6.45, 7) is 0.957. The van der Waals surface area contributed by atoms with Crippen LogP contribution in [0.25, 0.3) is 0 Å². The van der Waals surface area contributed by atoms with Crippen LogP contribution >= 0.6 is 0 Å². The van der Waals surface area contributed by atoms with E-state index in [0.717, 1.165) is 5.56 Å². The number of nitrogens with zero attached hydrogens (tertiary/aromatic N) is 2. The van der Waals surface area contributed by atoms with E-state index in [4.69, 9.17) is 0 Å². The molecule has 8 heteroatoms. The zero-order chi connectivity index (χ0) is 24.0. The van der Waals surface area contributed by atoms with E-state index in [-0.39, 0.29) is 43.7 Å². The van der Waals surface area contributed by atoms with Crippen molar-refractivity contribution in [3.63, 3.8) is 0 Å². The van der Waals surface area contributed by atoms with Gasteiger partial charge in [-0.1, -0.05) is 78.9 Å². The Kier molecular flexibility index (Phi) is 7.40. The average Bonchev–Trinajstić information content (AvgIpc) is 2.88. The van der Waals surface area contributed by atoms with Crippen LogP contribution in [0.4, 0.5) is 0 Å². The van der Waals surface area contributed by atoms with Gasteiger partial charge in [-0.2, -0.15) is 4.31 Å². The molecule has 0 unspecified atom stereocenters. The monoisotopic (exact) mass is 477 g/mol. The molecule has 3 aromatic carbocycles. The lowest BCUT2D eigenvalue weighted by molar-refractivity contribution is -0.134. The summed E-state index contributed by atoms with van der Waals surface area (Å²) in [7, 11) is -3.49. The van der Waals surface area contributed by atoms with E-state index in [2.05, 4.69) is 5.32 Å². The van der Waals surface area contributed by atoms with Crippen LogP contribution in [0.2, 0.25) is 0 Å². The summed E-state index contributed by atoms with van der Waals surface area (Å²) in [6, 6.07) is 26.0. The van der Waals surface area contributed by atoms with Crippen molar-refractivity contribution in [3.8, 4) is 0 Å². The Hall–Kier alpha value is -3.49. The minimum Gasteiger partial charge on any atom is -0.338 e. The quantitative estimate of drug-likeness (QED) is 0.567. The summed E-state index contributed by atoms with van der Waals surface area (Å²) in [5.74, 6) is -0.663. The van der Waals surface area contributed by atoms with Crippen molar-refractivity contribution in [1.29, 1.82) is 0 Å². The van der Waals surface area contributed by atoms with Crippen molar-refractivity contribution >= 4 is 21.8 Å². The number of piperazine rings is 1. The molecule has 0 aromatic heterocycles. The fourth-order valence-corrected chi connectivity index (χ4v) is 5.50. The first-order chi connectivity index (χ1) is 16.4. The summed E-state index contributed by atoms with van der Waals surface area (Å²) < 4.78 is 27.1. The van der Waals surface area contributed by atoms with Crippen LogP contribution in [0, 0.1) is 0 Å². The second-order valence-electron chi connectivity index (χ2n) is 8.15. The number of carbonyl (C=O) groups excluding carboxylic acids is 2. The predicted octanol–water partition coefficient (Wildman–Crippen LogP) is 2.83. The molecular weight excluding hydrogens is 450 g/mol. The zero-order valence-electron chi connectivity index (χ0n) is 18.7. The molecule has 1 aliphatic rings. The van der Waals surface area contributed by atoms with Gasteiger partial charge in [0.2, 0.25) is 15.9 Å². The van der Waals surface area contributed by atoms with Gasteiger partial charge in [-0.05, 0) is 23.3 Å². The SMILES string of the molecule is O=C(N[C@H](C(=O)N1CCN(S(=O)(=O)Cc2ccccc2)CC1)c1ccccc1)c1ccccc1. The third kappa shape index (κ3) is 5.70. The number of nitrogens with one attached hydrogen (secondary N) is 1. The molecule has 0 aliphatic carbocycles. The third-order valence-corrected chi connectivity index (χ3v) is 7.68. The van der Waals surface area contributed by atoms with E-state index in [0.29, 0.717) is 11.1 Å². The van der Waals surface area contributed by atoms with Crippen molar-refractivity contribution in [2.24, 2.45) is 0 Å². The standard InChI is InChI=1S/C26H27N3O4S/c30-25(23-14-8-3-9-15-23)27-24(22-12-6-2-7-13-22)26(31)28-16-18-29(19-17-28)34(32,33)20-21-10-4-1-5-11-21/h1-15,24H,16-20H2,(H,27,30)/t24-/m0/s1. The summed E-state index contributed by atoms with van der Waals surface area (Å²) >= 11 is 0. The zero-order valence-corrected chi connectivity index (χ0v) is 19.5. The Morgan fingerprint density at radius 2 is 1.29 bits per heavy atom. The van der Waals surface area contributed by atoms with E-state index in [1.807, 2.05) is 42.5 Å². The summed E-state index contributed by atoms with van der Waals surface area (Å²) in [5.41, 5.74) is 1.87. The molecule has 7 nitrogen and oxygen atoms in total. The van der Waals surface area contributed by atoms with Crippen LogP contribution in [-0.2, 0) is 20.6 Å². The van der Waals surface area contributed by atoms with E-state index in [1.165, 1.54) is 4.31 Å². The Morgan fingerprint density at radius 1 is 0.765 bits per heavy atom. The predicted molar refractivity (Wildman–Crippen MR) is 130 cm³/mol. The Bertz CT molecular complexity index is 1210.